The number of phenolic OH excluding ortho intramolecular Hbond substituents is 2. The standard InChI is InChI=1S/C30H24O12S/c1-9-7-11-15-18-20-16(24(33)28(41-5)21(18)14(9)10(2)31)12(32)8-13(39-3)17(20)22-19(15)23(25(34)27(11)40-4)26(35)30(29(22)42-6)43(36,37)38/h8,33,35H,7H2,1-6H3,(H,36,37,38). The number of hydrogen-bond donors (Lipinski definition) is 3. The number of phenols is 2. The van der Waals surface area contributed by atoms with E-state index in [2.05, 4.69) is 0 Å². The zero-order valence-electron chi connectivity index (χ0n) is 23.7. The van der Waals surface area contributed by atoms with Crippen molar-refractivity contribution < 1.29 is 46.9 Å². The molecule has 0 amide bonds. The molecule has 222 valence electrons. The average molecular weight is 609 g/mol. The normalized spacial score (nSPS) is 13.5. The first-order chi connectivity index (χ1) is 20.3. The minimum atomic E-state index is -5.24. The minimum Gasteiger partial charge on any atom is -0.506 e. The summed E-state index contributed by atoms with van der Waals surface area (Å²) in [6, 6.07) is 1.06. The Morgan fingerprint density at radius 1 is 0.767 bits per heavy atom. The molecule has 43 heavy (non-hydrogen) atoms. The molecular weight excluding hydrogens is 584 g/mol. The van der Waals surface area contributed by atoms with Crippen LogP contribution >= 0.6 is 0 Å². The van der Waals surface area contributed by atoms with E-state index in [0.717, 1.165) is 13.2 Å². The van der Waals surface area contributed by atoms with Crippen molar-refractivity contribution in [2.45, 2.75) is 25.2 Å². The third-order valence-corrected chi connectivity index (χ3v) is 9.03. The fourth-order valence-electron chi connectivity index (χ4n) is 6.74. The molecule has 0 saturated carbocycles. The number of ketones is 1. The second-order valence-corrected chi connectivity index (χ2v) is 11.6. The van der Waals surface area contributed by atoms with Gasteiger partial charge in [0.25, 0.3) is 0 Å². The Bertz CT molecular complexity index is 2370. The lowest BCUT2D eigenvalue weighted by molar-refractivity contribution is -0.111. The van der Waals surface area contributed by atoms with Crippen molar-refractivity contribution >= 4 is 64.6 Å². The molecule has 3 N–H and O–H groups in total. The van der Waals surface area contributed by atoms with E-state index < -0.39 is 54.3 Å². The molecule has 0 unspecified atom stereocenters. The van der Waals surface area contributed by atoms with E-state index in [1.54, 1.807) is 6.92 Å². The monoisotopic (exact) mass is 608 g/mol. The average Bonchev–Trinajstić information content (AvgIpc) is 3.06. The SMILES string of the molecule is COc1c(O)c2c(=O)cc(OC)c3c4c(OC)c(S(=O)(=O)O)c(O)c5c(=O)c(OC)c6c(c(c1C(C(C)=O)=C(C)C6)c23)c54. The van der Waals surface area contributed by atoms with Gasteiger partial charge in [-0.1, -0.05) is 5.57 Å². The molecule has 13 heteroatoms. The number of methoxy groups -OCH3 is 4. The van der Waals surface area contributed by atoms with E-state index in [9.17, 15) is 37.6 Å². The van der Waals surface area contributed by atoms with Crippen molar-refractivity contribution in [3.8, 4) is 34.5 Å². The maximum Gasteiger partial charge on any atom is 0.302 e. The zero-order valence-corrected chi connectivity index (χ0v) is 24.5. The third-order valence-electron chi connectivity index (χ3n) is 8.14. The number of hydrogen-bond acceptors (Lipinski definition) is 11. The minimum absolute atomic E-state index is 0.0000983. The van der Waals surface area contributed by atoms with Crippen LogP contribution in [0, 0.1) is 0 Å². The molecule has 0 radical (unpaired) electrons. The highest BCUT2D eigenvalue weighted by Gasteiger charge is 2.38. The summed E-state index contributed by atoms with van der Waals surface area (Å²) in [5.74, 6) is -3.16. The van der Waals surface area contributed by atoms with Gasteiger partial charge in [-0.25, -0.2) is 0 Å². The molecule has 5 aromatic rings. The summed E-state index contributed by atoms with van der Waals surface area (Å²) >= 11 is 0. The first-order valence-corrected chi connectivity index (χ1v) is 14.2. The number of allylic oxidation sites excluding steroid dienone is 2. The quantitative estimate of drug-likeness (QED) is 0.145. The van der Waals surface area contributed by atoms with Gasteiger partial charge < -0.3 is 29.2 Å². The van der Waals surface area contributed by atoms with Gasteiger partial charge in [0.2, 0.25) is 5.43 Å². The van der Waals surface area contributed by atoms with Crippen LogP contribution in [0.3, 0.4) is 0 Å². The maximum atomic E-state index is 14.0. The highest BCUT2D eigenvalue weighted by atomic mass is 32.2. The van der Waals surface area contributed by atoms with Crippen LogP contribution in [-0.4, -0.2) is 57.4 Å². The topological polar surface area (TPSA) is 183 Å². The molecule has 0 heterocycles. The van der Waals surface area contributed by atoms with Gasteiger partial charge in [0.05, 0.1) is 39.2 Å². The number of fused-ring (bicyclic) bond motifs is 1. The van der Waals surface area contributed by atoms with Crippen LogP contribution in [0.5, 0.6) is 34.5 Å². The van der Waals surface area contributed by atoms with E-state index in [4.69, 9.17) is 18.9 Å². The number of benzene rings is 5. The smallest absolute Gasteiger partial charge is 0.302 e. The summed E-state index contributed by atoms with van der Waals surface area (Å²) in [6.45, 7) is 2.98. The van der Waals surface area contributed by atoms with Crippen LogP contribution in [-0.2, 0) is 21.3 Å². The van der Waals surface area contributed by atoms with Crippen LogP contribution in [0.4, 0.5) is 0 Å². The van der Waals surface area contributed by atoms with E-state index in [0.29, 0.717) is 5.57 Å². The first kappa shape index (κ1) is 28.2. The van der Waals surface area contributed by atoms with Crippen molar-refractivity contribution in [1.29, 1.82) is 0 Å². The molecule has 0 saturated heterocycles. The molecule has 0 spiro atoms. The Labute approximate surface area is 242 Å². The number of carbonyl (C=O) groups excluding carboxylic acids is 1. The van der Waals surface area contributed by atoms with E-state index in [-0.39, 0.29) is 78.1 Å². The fourth-order valence-corrected chi connectivity index (χ4v) is 7.51. The Kier molecular flexibility index (Phi) is 5.95. The lowest BCUT2D eigenvalue weighted by Gasteiger charge is -2.24. The second-order valence-electron chi connectivity index (χ2n) is 10.2. The van der Waals surface area contributed by atoms with Gasteiger partial charge in [0.15, 0.2) is 44.9 Å². The van der Waals surface area contributed by atoms with Gasteiger partial charge in [0, 0.05) is 49.7 Å². The Morgan fingerprint density at radius 3 is 1.91 bits per heavy atom. The molecule has 5 aromatic carbocycles. The number of carbonyl (C=O) groups is 1. The van der Waals surface area contributed by atoms with Crippen LogP contribution in [0.15, 0.2) is 26.1 Å². The van der Waals surface area contributed by atoms with Crippen LogP contribution in [0.2, 0.25) is 0 Å². The predicted molar refractivity (Wildman–Crippen MR) is 158 cm³/mol. The Morgan fingerprint density at radius 2 is 1.37 bits per heavy atom. The highest BCUT2D eigenvalue weighted by Crippen LogP contribution is 2.58. The summed E-state index contributed by atoms with van der Waals surface area (Å²) in [7, 11) is -0.400. The molecule has 0 fully saturated rings. The van der Waals surface area contributed by atoms with Gasteiger partial charge in [0.1, 0.15) is 5.75 Å². The first-order valence-electron chi connectivity index (χ1n) is 12.8. The molecular formula is C30H24O12S. The van der Waals surface area contributed by atoms with Crippen molar-refractivity contribution in [1.82, 2.24) is 0 Å². The molecule has 12 nitrogen and oxygen atoms in total. The van der Waals surface area contributed by atoms with Gasteiger partial charge in [-0.2, -0.15) is 8.42 Å². The van der Waals surface area contributed by atoms with E-state index in [1.165, 1.54) is 28.3 Å². The van der Waals surface area contributed by atoms with Crippen molar-refractivity contribution in [3.05, 3.63) is 43.2 Å². The van der Waals surface area contributed by atoms with Crippen molar-refractivity contribution in [2.75, 3.05) is 28.4 Å². The van der Waals surface area contributed by atoms with Gasteiger partial charge in [-0.05, 0) is 25.7 Å². The molecule has 0 atom stereocenters. The maximum absolute atomic E-state index is 14.0. The summed E-state index contributed by atoms with van der Waals surface area (Å²) in [5, 5.41) is 22.5. The van der Waals surface area contributed by atoms with Crippen LogP contribution in [0.25, 0.3) is 48.7 Å². The lowest BCUT2D eigenvalue weighted by atomic mass is 9.82. The molecule has 0 bridgehead atoms. The number of Topliss-reactive ketones (excluding diaryl/α,β-unsaturated/α-hetero) is 1. The van der Waals surface area contributed by atoms with Gasteiger partial charge >= 0.3 is 10.1 Å². The Balaban J connectivity index is 2.25. The summed E-state index contributed by atoms with van der Waals surface area (Å²) < 4.78 is 57.9. The zero-order chi connectivity index (χ0) is 31.4. The van der Waals surface area contributed by atoms with E-state index in [1.807, 2.05) is 0 Å². The molecule has 1 aliphatic rings. The molecule has 0 aromatic heterocycles. The summed E-state index contributed by atoms with van der Waals surface area (Å²) in [6.07, 6.45) is -0.0230. The molecule has 1 aliphatic carbocycles. The number of ether oxygens (including phenoxy) is 4. The van der Waals surface area contributed by atoms with Crippen LogP contribution in [0.1, 0.15) is 25.0 Å². The van der Waals surface area contributed by atoms with Crippen molar-refractivity contribution in [3.63, 3.8) is 0 Å². The summed E-state index contributed by atoms with van der Waals surface area (Å²) in [5.41, 5.74) is -0.568. The lowest BCUT2D eigenvalue weighted by Crippen LogP contribution is -2.14. The molecule has 6 rings (SSSR count). The third kappa shape index (κ3) is 3.34. The number of rotatable bonds is 6. The summed E-state index contributed by atoms with van der Waals surface area (Å²) in [4.78, 5) is 39.8. The number of aromatic hydroxyl groups is 2. The van der Waals surface area contributed by atoms with Crippen LogP contribution < -0.4 is 29.8 Å². The van der Waals surface area contributed by atoms with Gasteiger partial charge in [-0.3, -0.25) is 18.9 Å². The highest BCUT2D eigenvalue weighted by molar-refractivity contribution is 7.86. The van der Waals surface area contributed by atoms with E-state index >= 15 is 0 Å². The molecule has 0 aliphatic heterocycles. The second kappa shape index (κ2) is 9.06. The Hall–Kier alpha value is -4.88. The fraction of sp³-hybridized carbons (Fsp3) is 0.233. The van der Waals surface area contributed by atoms with Crippen molar-refractivity contribution in [2.24, 2.45) is 0 Å². The van der Waals surface area contributed by atoms with Gasteiger partial charge in [-0.15, -0.1) is 0 Å². The largest absolute Gasteiger partial charge is 0.506 e. The predicted octanol–water partition coefficient (Wildman–Crippen LogP) is 3.51.